The fourth-order valence-electron chi connectivity index (χ4n) is 7.09. The Morgan fingerprint density at radius 2 is 0.700 bits per heavy atom. The lowest BCUT2D eigenvalue weighted by atomic mass is 9.43. The molecule has 0 aromatic carbocycles. The van der Waals surface area contributed by atoms with Gasteiger partial charge in [0.25, 0.3) is 0 Å². The van der Waals surface area contributed by atoms with Gasteiger partial charge in [-0.1, -0.05) is 135 Å². The highest BCUT2D eigenvalue weighted by atomic mass is 14.6. The van der Waals surface area contributed by atoms with Crippen LogP contribution in [0.4, 0.5) is 0 Å². The molecule has 0 heteroatoms. The van der Waals surface area contributed by atoms with Crippen LogP contribution >= 0.6 is 0 Å². The SMILES string of the molecule is CC(C)(C(C1C=CC=C1)C1C=CC=C1)C(C1C=CC=C1)(C1C=CC=C1)C1C=CC=C1. The molecule has 0 atom stereocenters. The van der Waals surface area contributed by atoms with Crippen LogP contribution in [0, 0.1) is 46.3 Å². The van der Waals surface area contributed by atoms with Gasteiger partial charge in [0.15, 0.2) is 0 Å². The molecule has 0 saturated carbocycles. The Morgan fingerprint density at radius 3 is 1.00 bits per heavy atom. The summed E-state index contributed by atoms with van der Waals surface area (Å²) >= 11 is 0. The molecule has 0 aromatic rings. The Kier molecular flexibility index (Phi) is 4.89. The van der Waals surface area contributed by atoms with Crippen molar-refractivity contribution in [1.29, 1.82) is 0 Å². The molecule has 0 aliphatic heterocycles. The lowest BCUT2D eigenvalue weighted by Gasteiger charge is -2.60. The van der Waals surface area contributed by atoms with Gasteiger partial charge in [0.1, 0.15) is 0 Å². The summed E-state index contributed by atoms with van der Waals surface area (Å²) in [5.74, 6) is 2.58. The second-order valence-corrected chi connectivity index (χ2v) is 9.76. The molecule has 5 aliphatic rings. The van der Waals surface area contributed by atoms with E-state index in [1.807, 2.05) is 0 Å². The van der Waals surface area contributed by atoms with Gasteiger partial charge in [-0.25, -0.2) is 0 Å². The van der Waals surface area contributed by atoms with Gasteiger partial charge in [0, 0.05) is 23.2 Å². The first-order valence-corrected chi connectivity index (χ1v) is 11.4. The summed E-state index contributed by atoms with van der Waals surface area (Å²) in [5.41, 5.74) is 0.0557. The number of allylic oxidation sites excluding steroid dienone is 20. The van der Waals surface area contributed by atoms with Crippen molar-refractivity contribution in [3.05, 3.63) is 122 Å². The molecule has 0 saturated heterocycles. The van der Waals surface area contributed by atoms with Gasteiger partial charge in [-0.15, -0.1) is 0 Å². The van der Waals surface area contributed by atoms with E-state index in [9.17, 15) is 0 Å². The number of hydrogen-bond acceptors (Lipinski definition) is 0. The summed E-state index contributed by atoms with van der Waals surface area (Å²) in [4.78, 5) is 0. The molecular weight excluding hydrogens is 360 g/mol. The zero-order valence-electron chi connectivity index (χ0n) is 18.0. The molecule has 0 nitrogen and oxygen atoms in total. The van der Waals surface area contributed by atoms with E-state index < -0.39 is 0 Å². The molecule has 0 N–H and O–H groups in total. The lowest BCUT2D eigenvalue weighted by Crippen LogP contribution is -2.56. The second kappa shape index (κ2) is 7.58. The average molecular weight is 393 g/mol. The third kappa shape index (κ3) is 2.81. The van der Waals surface area contributed by atoms with Crippen molar-refractivity contribution in [2.45, 2.75) is 13.8 Å². The van der Waals surface area contributed by atoms with Crippen molar-refractivity contribution in [3.63, 3.8) is 0 Å². The van der Waals surface area contributed by atoms with E-state index in [1.165, 1.54) is 0 Å². The van der Waals surface area contributed by atoms with Crippen LogP contribution in [0.15, 0.2) is 122 Å². The topological polar surface area (TPSA) is 0 Å². The van der Waals surface area contributed by atoms with Gasteiger partial charge >= 0.3 is 0 Å². The summed E-state index contributed by atoms with van der Waals surface area (Å²) in [6, 6.07) is 0. The van der Waals surface area contributed by atoms with Crippen molar-refractivity contribution in [1.82, 2.24) is 0 Å². The first-order valence-electron chi connectivity index (χ1n) is 11.4. The van der Waals surface area contributed by atoms with Crippen LogP contribution in [-0.2, 0) is 0 Å². The highest BCUT2D eigenvalue weighted by Crippen LogP contribution is 2.65. The standard InChI is InChI=1S/C30H32/c1-29(2,28(23-13-3-4-14-23)24-15-5-6-16-24)30(25-17-7-8-18-25,26-19-9-10-20-26)27-21-11-12-22-27/h3-28H,1-2H3. The maximum Gasteiger partial charge on any atom is 0.00499 e. The van der Waals surface area contributed by atoms with Crippen LogP contribution in [0.3, 0.4) is 0 Å². The molecule has 0 spiro atoms. The van der Waals surface area contributed by atoms with Gasteiger partial charge in [-0.2, -0.15) is 0 Å². The fourth-order valence-corrected chi connectivity index (χ4v) is 7.09. The van der Waals surface area contributed by atoms with Crippen LogP contribution in [0.1, 0.15) is 13.8 Å². The summed E-state index contributed by atoms with van der Waals surface area (Å²) in [5, 5.41) is 0. The van der Waals surface area contributed by atoms with Crippen LogP contribution in [0.25, 0.3) is 0 Å². The lowest BCUT2D eigenvalue weighted by molar-refractivity contribution is -0.0716. The first-order chi connectivity index (χ1) is 14.7. The zero-order valence-corrected chi connectivity index (χ0v) is 18.0. The first kappa shape index (κ1) is 19.4. The van der Waals surface area contributed by atoms with Crippen molar-refractivity contribution in [2.75, 3.05) is 0 Å². The predicted molar refractivity (Wildman–Crippen MR) is 129 cm³/mol. The Labute approximate surface area is 181 Å². The van der Waals surface area contributed by atoms with Crippen LogP contribution < -0.4 is 0 Å². The minimum Gasteiger partial charge on any atom is -0.0773 e. The maximum absolute atomic E-state index is 2.55. The Balaban J connectivity index is 1.72. The summed E-state index contributed by atoms with van der Waals surface area (Å²) in [6.07, 6.45) is 46.8. The normalized spacial score (nSPS) is 24.0. The van der Waals surface area contributed by atoms with Gasteiger partial charge in [0.05, 0.1) is 0 Å². The highest BCUT2D eigenvalue weighted by molar-refractivity contribution is 5.38. The molecule has 152 valence electrons. The highest BCUT2D eigenvalue weighted by Gasteiger charge is 2.60. The fraction of sp³-hybridized carbons (Fsp3) is 0.333. The Hall–Kier alpha value is -2.60. The van der Waals surface area contributed by atoms with Gasteiger partial charge in [-0.3, -0.25) is 0 Å². The largest absolute Gasteiger partial charge is 0.0773 e. The summed E-state index contributed by atoms with van der Waals surface area (Å²) < 4.78 is 0. The Bertz CT molecular complexity index is 808. The quantitative estimate of drug-likeness (QED) is 0.425. The van der Waals surface area contributed by atoms with Crippen LogP contribution in [0.5, 0.6) is 0 Å². The minimum atomic E-state index is 0.0166. The number of rotatable bonds is 7. The maximum atomic E-state index is 2.55. The molecule has 0 unspecified atom stereocenters. The number of hydrogen-bond donors (Lipinski definition) is 0. The van der Waals surface area contributed by atoms with Crippen LogP contribution in [0.2, 0.25) is 0 Å². The van der Waals surface area contributed by atoms with E-state index in [0.29, 0.717) is 35.5 Å². The van der Waals surface area contributed by atoms with Crippen molar-refractivity contribution in [3.8, 4) is 0 Å². The molecule has 0 fully saturated rings. The van der Waals surface area contributed by atoms with E-state index in [-0.39, 0.29) is 10.8 Å². The molecule has 5 aliphatic carbocycles. The average Bonchev–Trinajstić information content (AvgIpc) is 3.56. The van der Waals surface area contributed by atoms with E-state index in [2.05, 4.69) is 135 Å². The summed E-state index contributed by atoms with van der Waals surface area (Å²) in [7, 11) is 0. The van der Waals surface area contributed by atoms with Crippen LogP contribution in [-0.4, -0.2) is 0 Å². The summed E-state index contributed by atoms with van der Waals surface area (Å²) in [6.45, 7) is 5.11. The van der Waals surface area contributed by atoms with E-state index in [0.717, 1.165) is 0 Å². The molecule has 5 rings (SSSR count). The van der Waals surface area contributed by atoms with Crippen molar-refractivity contribution < 1.29 is 0 Å². The van der Waals surface area contributed by atoms with E-state index >= 15 is 0 Å². The molecule has 0 bridgehead atoms. The van der Waals surface area contributed by atoms with Gasteiger partial charge in [0.2, 0.25) is 0 Å². The molecule has 0 radical (unpaired) electrons. The van der Waals surface area contributed by atoms with Crippen molar-refractivity contribution >= 4 is 0 Å². The Morgan fingerprint density at radius 1 is 0.433 bits per heavy atom. The monoisotopic (exact) mass is 392 g/mol. The van der Waals surface area contributed by atoms with E-state index in [1.54, 1.807) is 0 Å². The predicted octanol–water partition coefficient (Wildman–Crippen LogP) is 7.33. The second-order valence-electron chi connectivity index (χ2n) is 9.76. The third-order valence-electron chi connectivity index (χ3n) is 8.23. The van der Waals surface area contributed by atoms with Gasteiger partial charge in [-0.05, 0) is 23.2 Å². The molecule has 30 heavy (non-hydrogen) atoms. The molecule has 0 aromatic heterocycles. The minimum absolute atomic E-state index is 0.0166. The third-order valence-corrected chi connectivity index (χ3v) is 8.23. The van der Waals surface area contributed by atoms with Crippen molar-refractivity contribution in [2.24, 2.45) is 46.3 Å². The zero-order chi connectivity index (χ0) is 20.6. The van der Waals surface area contributed by atoms with Gasteiger partial charge < -0.3 is 0 Å². The molecule has 0 amide bonds. The molecular formula is C30H32. The molecule has 0 heterocycles. The smallest absolute Gasteiger partial charge is 0.00499 e. The van der Waals surface area contributed by atoms with E-state index in [4.69, 9.17) is 0 Å².